The number of rotatable bonds is 6. The number of ketones is 1. The highest BCUT2D eigenvalue weighted by Gasteiger charge is 2.19. The molecule has 3 aromatic rings. The minimum Gasteiger partial charge on any atom is -0.460 e. The zero-order valence-electron chi connectivity index (χ0n) is 13.1. The lowest BCUT2D eigenvalue weighted by Crippen LogP contribution is -2.00. The summed E-state index contributed by atoms with van der Waals surface area (Å²) < 4.78 is 7.73. The molecule has 0 fully saturated rings. The molecule has 9 heteroatoms. The minimum atomic E-state index is -0.650. The van der Waals surface area contributed by atoms with Crippen molar-refractivity contribution in [1.29, 1.82) is 0 Å². The van der Waals surface area contributed by atoms with Gasteiger partial charge in [-0.3, -0.25) is 4.79 Å². The standard InChI is InChI=1S/C17H11BrClN3O4/c18-12-3-1-2-11(8-12)16(23)7-6-13-4-5-14(26-13)9-21-10-15(19)17(20-21)22(24)25/h1-8,10H,9H2/b7-6+. The monoisotopic (exact) mass is 435 g/mol. The van der Waals surface area contributed by atoms with Gasteiger partial charge in [0.2, 0.25) is 0 Å². The van der Waals surface area contributed by atoms with Crippen LogP contribution >= 0.6 is 27.5 Å². The number of halogens is 2. The van der Waals surface area contributed by atoms with Crippen LogP contribution < -0.4 is 0 Å². The quantitative estimate of drug-likeness (QED) is 0.241. The van der Waals surface area contributed by atoms with Crippen LogP contribution in [0.1, 0.15) is 21.9 Å². The third kappa shape index (κ3) is 4.27. The number of nitrogens with zero attached hydrogens (tertiary/aromatic N) is 3. The fourth-order valence-electron chi connectivity index (χ4n) is 2.22. The van der Waals surface area contributed by atoms with Crippen LogP contribution in [0, 0.1) is 10.1 Å². The first-order valence-electron chi connectivity index (χ1n) is 7.36. The lowest BCUT2D eigenvalue weighted by molar-refractivity contribution is -0.389. The van der Waals surface area contributed by atoms with E-state index in [4.69, 9.17) is 16.0 Å². The molecular formula is C17H11BrClN3O4. The molecule has 0 radical (unpaired) electrons. The van der Waals surface area contributed by atoms with Gasteiger partial charge in [-0.05, 0) is 41.3 Å². The zero-order chi connectivity index (χ0) is 18.7. The second-order valence-corrected chi connectivity index (χ2v) is 6.59. The largest absolute Gasteiger partial charge is 0.460 e. The van der Waals surface area contributed by atoms with E-state index in [1.165, 1.54) is 17.0 Å². The van der Waals surface area contributed by atoms with E-state index in [-0.39, 0.29) is 17.4 Å². The average molecular weight is 437 g/mol. The summed E-state index contributed by atoms with van der Waals surface area (Å²) in [5.41, 5.74) is 0.556. The van der Waals surface area contributed by atoms with E-state index < -0.39 is 10.7 Å². The van der Waals surface area contributed by atoms with Gasteiger partial charge in [-0.25, -0.2) is 0 Å². The summed E-state index contributed by atoms with van der Waals surface area (Å²) in [5.74, 6) is 0.446. The molecule has 0 bridgehead atoms. The average Bonchev–Trinajstić information content (AvgIpc) is 3.19. The first kappa shape index (κ1) is 18.1. The maximum Gasteiger partial charge on any atom is 0.408 e. The number of furan rings is 1. The van der Waals surface area contributed by atoms with Gasteiger partial charge in [0.05, 0.1) is 11.3 Å². The van der Waals surface area contributed by atoms with E-state index in [0.29, 0.717) is 17.1 Å². The normalized spacial score (nSPS) is 11.2. The fourth-order valence-corrected chi connectivity index (χ4v) is 2.83. The molecule has 0 aliphatic carbocycles. The highest BCUT2D eigenvalue weighted by atomic mass is 79.9. The highest BCUT2D eigenvalue weighted by Crippen LogP contribution is 2.22. The smallest absolute Gasteiger partial charge is 0.408 e. The molecule has 0 aliphatic heterocycles. The molecule has 0 N–H and O–H groups in total. The van der Waals surface area contributed by atoms with E-state index in [1.54, 1.807) is 36.4 Å². The molecule has 0 atom stereocenters. The summed E-state index contributed by atoms with van der Waals surface area (Å²) in [5, 5.41) is 14.5. The summed E-state index contributed by atoms with van der Waals surface area (Å²) in [4.78, 5) is 22.2. The van der Waals surface area contributed by atoms with Gasteiger partial charge < -0.3 is 14.5 Å². The van der Waals surface area contributed by atoms with E-state index >= 15 is 0 Å². The molecule has 0 aliphatic rings. The zero-order valence-corrected chi connectivity index (χ0v) is 15.5. The molecule has 7 nitrogen and oxygen atoms in total. The lowest BCUT2D eigenvalue weighted by atomic mass is 10.1. The maximum atomic E-state index is 12.1. The van der Waals surface area contributed by atoms with E-state index in [0.717, 1.165) is 4.47 Å². The number of benzene rings is 1. The molecule has 3 rings (SSSR count). The summed E-state index contributed by atoms with van der Waals surface area (Å²) >= 11 is 9.08. The third-order valence-electron chi connectivity index (χ3n) is 3.38. The summed E-state index contributed by atoms with van der Waals surface area (Å²) in [6, 6.07) is 10.5. The van der Waals surface area contributed by atoms with Crippen LogP contribution in [0.4, 0.5) is 5.82 Å². The molecule has 1 aromatic carbocycles. The van der Waals surface area contributed by atoms with Crippen molar-refractivity contribution in [3.8, 4) is 0 Å². The molecule has 2 heterocycles. The molecule has 0 spiro atoms. The Hall–Kier alpha value is -2.71. The van der Waals surface area contributed by atoms with Crippen LogP contribution in [0.2, 0.25) is 5.02 Å². The number of hydrogen-bond acceptors (Lipinski definition) is 5. The molecule has 26 heavy (non-hydrogen) atoms. The van der Waals surface area contributed by atoms with Gasteiger partial charge >= 0.3 is 5.82 Å². The van der Waals surface area contributed by atoms with Crippen LogP contribution in [-0.4, -0.2) is 20.5 Å². The van der Waals surface area contributed by atoms with Crippen LogP contribution in [0.25, 0.3) is 6.08 Å². The third-order valence-corrected chi connectivity index (χ3v) is 4.14. The van der Waals surface area contributed by atoms with Gasteiger partial charge in [0.25, 0.3) is 0 Å². The predicted molar refractivity (Wildman–Crippen MR) is 99.2 cm³/mol. The number of hydrogen-bond donors (Lipinski definition) is 0. The topological polar surface area (TPSA) is 91.2 Å². The van der Waals surface area contributed by atoms with Crippen molar-refractivity contribution in [2.24, 2.45) is 0 Å². The van der Waals surface area contributed by atoms with Gasteiger partial charge in [-0.15, -0.1) is 0 Å². The fraction of sp³-hybridized carbons (Fsp3) is 0.0588. The van der Waals surface area contributed by atoms with E-state index in [9.17, 15) is 14.9 Å². The van der Waals surface area contributed by atoms with Crippen molar-refractivity contribution in [3.05, 3.63) is 85.4 Å². The van der Waals surface area contributed by atoms with Crippen molar-refractivity contribution >= 4 is 45.2 Å². The van der Waals surface area contributed by atoms with Gasteiger partial charge in [0.15, 0.2) is 10.8 Å². The first-order chi connectivity index (χ1) is 12.4. The Morgan fingerprint density at radius 3 is 2.88 bits per heavy atom. The Bertz CT molecular complexity index is 1010. The summed E-state index contributed by atoms with van der Waals surface area (Å²) in [6.07, 6.45) is 4.33. The lowest BCUT2D eigenvalue weighted by Gasteiger charge is -1.96. The number of carbonyl (C=O) groups excluding carboxylic acids is 1. The van der Waals surface area contributed by atoms with Crippen molar-refractivity contribution in [2.75, 3.05) is 0 Å². The number of aromatic nitrogens is 2. The van der Waals surface area contributed by atoms with Crippen molar-refractivity contribution in [3.63, 3.8) is 0 Å². The van der Waals surface area contributed by atoms with Crippen LogP contribution in [-0.2, 0) is 6.54 Å². The highest BCUT2D eigenvalue weighted by molar-refractivity contribution is 9.10. The molecule has 2 aromatic heterocycles. The number of allylic oxidation sites excluding steroid dienone is 1. The molecule has 0 unspecified atom stereocenters. The van der Waals surface area contributed by atoms with Gasteiger partial charge in [-0.2, -0.15) is 4.68 Å². The Balaban J connectivity index is 1.69. The van der Waals surface area contributed by atoms with Crippen LogP contribution in [0.15, 0.2) is 57.6 Å². The second-order valence-electron chi connectivity index (χ2n) is 5.27. The Kier molecular flexibility index (Phi) is 5.34. The van der Waals surface area contributed by atoms with Crippen LogP contribution in [0.3, 0.4) is 0 Å². The van der Waals surface area contributed by atoms with E-state index in [1.807, 2.05) is 6.07 Å². The molecule has 0 amide bonds. The first-order valence-corrected chi connectivity index (χ1v) is 8.53. The molecule has 0 saturated carbocycles. The summed E-state index contributed by atoms with van der Waals surface area (Å²) in [6.45, 7) is 0.182. The maximum absolute atomic E-state index is 12.1. The van der Waals surface area contributed by atoms with Crippen molar-refractivity contribution < 1.29 is 14.1 Å². The second kappa shape index (κ2) is 7.67. The van der Waals surface area contributed by atoms with Gasteiger partial charge in [-0.1, -0.05) is 39.7 Å². The number of carbonyl (C=O) groups is 1. The van der Waals surface area contributed by atoms with Crippen LogP contribution in [0.5, 0.6) is 0 Å². The predicted octanol–water partition coefficient (Wildman–Crippen LogP) is 4.74. The van der Waals surface area contributed by atoms with E-state index in [2.05, 4.69) is 21.0 Å². The molecular weight excluding hydrogens is 426 g/mol. The van der Waals surface area contributed by atoms with Gasteiger partial charge in [0, 0.05) is 10.0 Å². The molecule has 132 valence electrons. The van der Waals surface area contributed by atoms with Crippen molar-refractivity contribution in [2.45, 2.75) is 6.54 Å². The summed E-state index contributed by atoms with van der Waals surface area (Å²) in [7, 11) is 0. The molecule has 0 saturated heterocycles. The Morgan fingerprint density at radius 1 is 1.38 bits per heavy atom. The minimum absolute atomic E-state index is 0.0405. The number of nitro groups is 1. The van der Waals surface area contributed by atoms with Crippen molar-refractivity contribution in [1.82, 2.24) is 9.78 Å². The van der Waals surface area contributed by atoms with Gasteiger partial charge in [0.1, 0.15) is 18.1 Å². The Labute approximate surface area is 161 Å². The Morgan fingerprint density at radius 2 is 2.19 bits per heavy atom. The SMILES string of the molecule is O=C(/C=C/c1ccc(Cn2cc(Cl)c([N+](=O)[O-])n2)o1)c1cccc(Br)c1.